The van der Waals surface area contributed by atoms with Crippen LogP contribution in [0.4, 0.5) is 10.1 Å². The van der Waals surface area contributed by atoms with Crippen LogP contribution in [0.5, 0.6) is 11.5 Å². The topological polar surface area (TPSA) is 156 Å². The molecule has 1 aliphatic heterocycles. The smallest absolute Gasteiger partial charge is 0.306 e. The molecular formula is C44H50Cl2FN5O6. The summed E-state index contributed by atoms with van der Waals surface area (Å²) in [7, 11) is 3.10. The SMILES string of the molecule is COc1cc(CNc2cccc(-c3cccc(-c4cc(F)c(CNCC5CCC(=O)N5)c(OC)c4)c3Cl)c2C=N)c(Cl)cc1CN(CCO)C1CCC(C(=O)O)CC1. The van der Waals surface area contributed by atoms with Gasteiger partial charge in [0.25, 0.3) is 0 Å². The van der Waals surface area contributed by atoms with Gasteiger partial charge in [-0.25, -0.2) is 4.39 Å². The van der Waals surface area contributed by atoms with Crippen LogP contribution in [0.1, 0.15) is 60.8 Å². The summed E-state index contributed by atoms with van der Waals surface area (Å²) in [6.45, 7) is 1.98. The minimum absolute atomic E-state index is 0.0148. The monoisotopic (exact) mass is 833 g/mol. The second-order valence-electron chi connectivity index (χ2n) is 14.8. The highest BCUT2D eigenvalue weighted by Crippen LogP contribution is 2.41. The molecular weight excluding hydrogens is 784 g/mol. The summed E-state index contributed by atoms with van der Waals surface area (Å²) in [6.07, 6.45) is 5.19. The normalized spacial score (nSPS) is 17.9. The number of carboxylic acid groups (broad SMARTS) is 1. The van der Waals surface area contributed by atoms with Gasteiger partial charge in [0.15, 0.2) is 0 Å². The van der Waals surface area contributed by atoms with E-state index in [1.165, 1.54) is 19.4 Å². The van der Waals surface area contributed by atoms with Gasteiger partial charge in [-0.1, -0.05) is 53.5 Å². The number of amides is 1. The van der Waals surface area contributed by atoms with Gasteiger partial charge in [0.2, 0.25) is 5.91 Å². The first-order valence-electron chi connectivity index (χ1n) is 19.5. The highest BCUT2D eigenvalue weighted by molar-refractivity contribution is 6.36. The van der Waals surface area contributed by atoms with E-state index in [1.807, 2.05) is 48.5 Å². The molecule has 0 spiro atoms. The summed E-state index contributed by atoms with van der Waals surface area (Å²) < 4.78 is 27.1. The van der Waals surface area contributed by atoms with E-state index in [0.29, 0.717) is 106 Å². The molecule has 2 fully saturated rings. The third-order valence-electron chi connectivity index (χ3n) is 11.2. The molecule has 1 saturated heterocycles. The second kappa shape index (κ2) is 19.8. The standard InChI is InChI=1S/C44H50Cl2FN5O6/c1-57-40-20-28(37(45)17-29(40)25-52(15-16-53)31-12-9-26(10-13-31)44(55)56)22-50-39-8-4-6-33(35(39)21-48)34-7-3-5-32(43(34)46)27-18-38(47)36(41(19-27)58-2)24-49-23-30-11-14-42(54)51-30/h3-8,17-21,26,30-31,48-50,53H,9-16,22-25H2,1-2H3,(H,51,54)(H,55,56). The van der Waals surface area contributed by atoms with E-state index in [2.05, 4.69) is 20.9 Å². The molecule has 1 unspecified atom stereocenters. The zero-order valence-corrected chi connectivity index (χ0v) is 34.2. The van der Waals surface area contributed by atoms with Crippen LogP contribution in [0.3, 0.4) is 0 Å². The molecule has 1 amide bonds. The van der Waals surface area contributed by atoms with Crippen molar-refractivity contribution in [3.8, 4) is 33.8 Å². The molecule has 0 aromatic heterocycles. The summed E-state index contributed by atoms with van der Waals surface area (Å²) in [6, 6.07) is 18.3. The van der Waals surface area contributed by atoms with Crippen molar-refractivity contribution < 1.29 is 33.7 Å². The molecule has 4 aromatic rings. The van der Waals surface area contributed by atoms with Crippen molar-refractivity contribution in [3.63, 3.8) is 0 Å². The number of aliphatic hydroxyl groups excluding tert-OH is 1. The number of anilines is 1. The van der Waals surface area contributed by atoms with Gasteiger partial charge in [0.05, 0.1) is 31.8 Å². The molecule has 11 nitrogen and oxygen atoms in total. The molecule has 0 bridgehead atoms. The summed E-state index contributed by atoms with van der Waals surface area (Å²) in [5.41, 5.74) is 5.81. The number of nitrogens with one attached hydrogen (secondary N) is 4. The first kappa shape index (κ1) is 42.9. The Morgan fingerprint density at radius 3 is 2.36 bits per heavy atom. The van der Waals surface area contributed by atoms with Gasteiger partial charge in [-0.3, -0.25) is 14.5 Å². The maximum atomic E-state index is 15.7. The largest absolute Gasteiger partial charge is 0.496 e. The van der Waals surface area contributed by atoms with Gasteiger partial charge < -0.3 is 41.0 Å². The lowest BCUT2D eigenvalue weighted by Gasteiger charge is -2.36. The molecule has 14 heteroatoms. The zero-order chi connectivity index (χ0) is 41.3. The number of carboxylic acids is 1. The van der Waals surface area contributed by atoms with E-state index in [1.54, 1.807) is 13.2 Å². The second-order valence-corrected chi connectivity index (χ2v) is 15.6. The molecule has 1 atom stereocenters. The predicted molar refractivity (Wildman–Crippen MR) is 226 cm³/mol. The van der Waals surface area contributed by atoms with Gasteiger partial charge in [0, 0.05) is 96.0 Å². The lowest BCUT2D eigenvalue weighted by Crippen LogP contribution is -2.40. The first-order valence-corrected chi connectivity index (χ1v) is 20.3. The van der Waals surface area contributed by atoms with Crippen LogP contribution < -0.4 is 25.4 Å². The molecule has 6 rings (SSSR count). The number of benzene rings is 4. The van der Waals surface area contributed by atoms with Crippen LogP contribution in [0.2, 0.25) is 10.0 Å². The number of nitrogens with zero attached hydrogens (tertiary/aromatic N) is 1. The van der Waals surface area contributed by atoms with E-state index in [4.69, 9.17) is 38.1 Å². The van der Waals surface area contributed by atoms with Crippen molar-refractivity contribution in [2.24, 2.45) is 5.92 Å². The van der Waals surface area contributed by atoms with Crippen LogP contribution >= 0.6 is 23.2 Å². The third kappa shape index (κ3) is 9.93. The fourth-order valence-electron chi connectivity index (χ4n) is 8.10. The van der Waals surface area contributed by atoms with Crippen LogP contribution in [0, 0.1) is 17.1 Å². The highest BCUT2D eigenvalue weighted by atomic mass is 35.5. The number of halogens is 3. The lowest BCUT2D eigenvalue weighted by molar-refractivity contribution is -0.143. The third-order valence-corrected chi connectivity index (χ3v) is 12.0. The average molecular weight is 835 g/mol. The Balaban J connectivity index is 1.19. The molecule has 1 heterocycles. The van der Waals surface area contributed by atoms with Crippen molar-refractivity contribution in [1.82, 2.24) is 15.5 Å². The van der Waals surface area contributed by atoms with E-state index in [-0.39, 0.29) is 37.1 Å². The van der Waals surface area contributed by atoms with Crippen LogP contribution in [-0.2, 0) is 29.2 Å². The van der Waals surface area contributed by atoms with E-state index in [9.17, 15) is 19.8 Å². The van der Waals surface area contributed by atoms with E-state index in [0.717, 1.165) is 30.4 Å². The maximum Gasteiger partial charge on any atom is 0.306 e. The lowest BCUT2D eigenvalue weighted by atomic mass is 9.85. The summed E-state index contributed by atoms with van der Waals surface area (Å²) in [5.74, 6) is -0.487. The molecule has 2 aliphatic rings. The van der Waals surface area contributed by atoms with Crippen molar-refractivity contribution in [1.29, 1.82) is 5.41 Å². The van der Waals surface area contributed by atoms with E-state index >= 15 is 4.39 Å². The van der Waals surface area contributed by atoms with E-state index < -0.39 is 11.8 Å². The van der Waals surface area contributed by atoms with Crippen LogP contribution in [0.25, 0.3) is 22.3 Å². The Hall–Kier alpha value is -4.72. The summed E-state index contributed by atoms with van der Waals surface area (Å²) in [5, 5.41) is 38.2. The van der Waals surface area contributed by atoms with Gasteiger partial charge in [0.1, 0.15) is 17.3 Å². The van der Waals surface area contributed by atoms with Gasteiger partial charge >= 0.3 is 5.97 Å². The number of carbonyl (C=O) groups is 2. The highest BCUT2D eigenvalue weighted by Gasteiger charge is 2.30. The number of rotatable bonds is 18. The van der Waals surface area contributed by atoms with Crippen molar-refractivity contribution in [2.45, 2.75) is 70.2 Å². The Kier molecular flexibility index (Phi) is 14.7. The minimum atomic E-state index is -0.752. The van der Waals surface area contributed by atoms with Crippen LogP contribution in [-0.4, -0.2) is 79.2 Å². The minimum Gasteiger partial charge on any atom is -0.496 e. The van der Waals surface area contributed by atoms with Crippen molar-refractivity contribution >= 4 is 47.0 Å². The fraction of sp³-hybridized carbons (Fsp3) is 0.386. The van der Waals surface area contributed by atoms with Crippen LogP contribution in [0.15, 0.2) is 60.7 Å². The van der Waals surface area contributed by atoms with Crippen molar-refractivity contribution in [2.75, 3.05) is 39.2 Å². The predicted octanol–water partition coefficient (Wildman–Crippen LogP) is 7.90. The summed E-state index contributed by atoms with van der Waals surface area (Å²) >= 11 is 14.0. The number of methoxy groups -OCH3 is 2. The van der Waals surface area contributed by atoms with Gasteiger partial charge in [-0.2, -0.15) is 0 Å². The Morgan fingerprint density at radius 1 is 0.966 bits per heavy atom. The number of hydrogen-bond donors (Lipinski definition) is 6. The molecule has 308 valence electrons. The summed E-state index contributed by atoms with van der Waals surface area (Å²) in [4.78, 5) is 25.2. The Bertz CT molecular complexity index is 2130. The number of aliphatic carboxylic acids is 1. The zero-order valence-electron chi connectivity index (χ0n) is 32.7. The fourth-order valence-corrected chi connectivity index (χ4v) is 8.69. The van der Waals surface area contributed by atoms with Crippen molar-refractivity contribution in [3.05, 3.63) is 98.8 Å². The molecule has 1 saturated carbocycles. The molecule has 58 heavy (non-hydrogen) atoms. The number of carbonyl (C=O) groups excluding carboxylic acids is 1. The number of ether oxygens (including phenoxy) is 2. The maximum absolute atomic E-state index is 15.7. The quantitative estimate of drug-likeness (QED) is 0.0549. The number of hydrogen-bond acceptors (Lipinski definition) is 9. The average Bonchev–Trinajstić information content (AvgIpc) is 3.65. The van der Waals surface area contributed by atoms with Gasteiger partial charge in [-0.15, -0.1) is 0 Å². The Labute approximate surface area is 348 Å². The molecule has 0 radical (unpaired) electrons. The number of aliphatic hydroxyl groups is 1. The first-order chi connectivity index (χ1) is 28.0. The molecule has 1 aliphatic carbocycles. The molecule has 4 aromatic carbocycles. The Morgan fingerprint density at radius 2 is 1.69 bits per heavy atom. The molecule has 6 N–H and O–H groups in total. The van der Waals surface area contributed by atoms with Gasteiger partial charge in [-0.05, 0) is 79.1 Å².